The number of carboxylic acid groups (broad SMARTS) is 1. The summed E-state index contributed by atoms with van der Waals surface area (Å²) in [6.45, 7) is 5.34. The molecule has 0 bridgehead atoms. The van der Waals surface area contributed by atoms with E-state index < -0.39 is 17.7 Å². The van der Waals surface area contributed by atoms with Gasteiger partial charge >= 0.3 is 12.1 Å². The van der Waals surface area contributed by atoms with Gasteiger partial charge in [-0.15, -0.1) is 0 Å². The molecule has 1 N–H and O–H groups in total. The standard InChI is InChI=1S/C14H16N2O4/c1-14(2,3)20-13(19)16-11-5-4-9(7-12(17)18)6-10(11)8-15-16/h4-6,8H,7H2,1-3H3,(H,17,18). The molecule has 106 valence electrons. The van der Waals surface area contributed by atoms with E-state index in [0.29, 0.717) is 16.5 Å². The number of aliphatic carboxylic acids is 1. The molecule has 6 nitrogen and oxygen atoms in total. The van der Waals surface area contributed by atoms with Crippen LogP contribution in [0.15, 0.2) is 24.4 Å². The second kappa shape index (κ2) is 4.96. The molecule has 0 fully saturated rings. The van der Waals surface area contributed by atoms with Gasteiger partial charge in [0, 0.05) is 5.39 Å². The number of hydrogen-bond donors (Lipinski definition) is 1. The van der Waals surface area contributed by atoms with Crippen LogP contribution in [0.5, 0.6) is 0 Å². The topological polar surface area (TPSA) is 81.4 Å². The van der Waals surface area contributed by atoms with Crippen LogP contribution in [-0.4, -0.2) is 32.6 Å². The van der Waals surface area contributed by atoms with Gasteiger partial charge in [-0.1, -0.05) is 6.07 Å². The number of fused-ring (bicyclic) bond motifs is 1. The molecule has 0 spiro atoms. The number of rotatable bonds is 2. The smallest absolute Gasteiger partial charge is 0.435 e. The highest BCUT2D eigenvalue weighted by Gasteiger charge is 2.20. The van der Waals surface area contributed by atoms with E-state index in [9.17, 15) is 9.59 Å². The summed E-state index contributed by atoms with van der Waals surface area (Å²) < 4.78 is 6.42. The first kappa shape index (κ1) is 14.0. The van der Waals surface area contributed by atoms with Crippen molar-refractivity contribution in [2.24, 2.45) is 0 Å². The predicted octanol–water partition coefficient (Wildman–Crippen LogP) is 2.45. The van der Waals surface area contributed by atoms with Crippen molar-refractivity contribution in [3.05, 3.63) is 30.0 Å². The third-order valence-corrected chi connectivity index (χ3v) is 2.55. The van der Waals surface area contributed by atoms with Crippen LogP contribution in [0.3, 0.4) is 0 Å². The van der Waals surface area contributed by atoms with E-state index in [1.54, 1.807) is 39.0 Å². The maximum absolute atomic E-state index is 12.0. The van der Waals surface area contributed by atoms with Gasteiger partial charge in [0.05, 0.1) is 18.1 Å². The third-order valence-electron chi connectivity index (χ3n) is 2.55. The molecular formula is C14H16N2O4. The lowest BCUT2D eigenvalue weighted by atomic mass is 10.1. The Morgan fingerprint density at radius 1 is 1.35 bits per heavy atom. The van der Waals surface area contributed by atoms with Crippen LogP contribution >= 0.6 is 0 Å². The summed E-state index contributed by atoms with van der Waals surface area (Å²) in [4.78, 5) is 22.7. The van der Waals surface area contributed by atoms with Crippen molar-refractivity contribution in [3.63, 3.8) is 0 Å². The number of carboxylic acids is 1. The van der Waals surface area contributed by atoms with E-state index >= 15 is 0 Å². The Morgan fingerprint density at radius 3 is 2.65 bits per heavy atom. The molecule has 0 atom stereocenters. The fraction of sp³-hybridized carbons (Fsp3) is 0.357. The maximum Gasteiger partial charge on any atom is 0.435 e. The largest absolute Gasteiger partial charge is 0.481 e. The lowest BCUT2D eigenvalue weighted by Crippen LogP contribution is -2.27. The average Bonchev–Trinajstić information content (AvgIpc) is 2.68. The van der Waals surface area contributed by atoms with Crippen LogP contribution < -0.4 is 0 Å². The summed E-state index contributed by atoms with van der Waals surface area (Å²) in [7, 11) is 0. The molecule has 0 aliphatic heterocycles. The molecule has 2 aromatic rings. The molecule has 0 amide bonds. The van der Waals surface area contributed by atoms with Crippen molar-refractivity contribution in [1.82, 2.24) is 9.78 Å². The van der Waals surface area contributed by atoms with Crippen LogP contribution in [0.1, 0.15) is 26.3 Å². The fourth-order valence-electron chi connectivity index (χ4n) is 1.82. The van der Waals surface area contributed by atoms with Gasteiger partial charge in [-0.3, -0.25) is 4.79 Å². The molecule has 0 aliphatic rings. The molecule has 2 rings (SSSR count). The predicted molar refractivity (Wildman–Crippen MR) is 72.7 cm³/mol. The molecule has 1 aromatic carbocycles. The van der Waals surface area contributed by atoms with Gasteiger partial charge in [-0.2, -0.15) is 9.78 Å². The van der Waals surface area contributed by atoms with E-state index in [4.69, 9.17) is 9.84 Å². The molecule has 0 saturated carbocycles. The van der Waals surface area contributed by atoms with Gasteiger partial charge in [0.2, 0.25) is 0 Å². The number of benzene rings is 1. The van der Waals surface area contributed by atoms with Crippen LogP contribution in [-0.2, 0) is 16.0 Å². The zero-order chi connectivity index (χ0) is 14.9. The highest BCUT2D eigenvalue weighted by atomic mass is 16.6. The van der Waals surface area contributed by atoms with Gasteiger partial charge in [0.25, 0.3) is 0 Å². The van der Waals surface area contributed by atoms with Crippen molar-refractivity contribution in [2.45, 2.75) is 32.8 Å². The zero-order valence-electron chi connectivity index (χ0n) is 11.6. The molecular weight excluding hydrogens is 260 g/mol. The van der Waals surface area contributed by atoms with Gasteiger partial charge in [0.15, 0.2) is 0 Å². The van der Waals surface area contributed by atoms with Crippen LogP contribution in [0.25, 0.3) is 10.9 Å². The van der Waals surface area contributed by atoms with Gasteiger partial charge in [-0.25, -0.2) is 4.79 Å². The Bertz CT molecular complexity index is 667. The number of nitrogens with zero attached hydrogens (tertiary/aromatic N) is 2. The molecule has 0 unspecified atom stereocenters. The molecule has 0 radical (unpaired) electrons. The first-order valence-electron chi connectivity index (χ1n) is 6.18. The van der Waals surface area contributed by atoms with E-state index in [-0.39, 0.29) is 6.42 Å². The summed E-state index contributed by atoms with van der Waals surface area (Å²) in [6, 6.07) is 5.04. The highest BCUT2D eigenvalue weighted by molar-refractivity contribution is 5.88. The van der Waals surface area contributed by atoms with Gasteiger partial charge in [-0.05, 0) is 38.5 Å². The monoisotopic (exact) mass is 276 g/mol. The van der Waals surface area contributed by atoms with E-state index in [2.05, 4.69) is 5.10 Å². The Morgan fingerprint density at radius 2 is 2.05 bits per heavy atom. The number of carbonyl (C=O) groups is 2. The minimum atomic E-state index is -0.899. The zero-order valence-corrected chi connectivity index (χ0v) is 11.6. The second-order valence-electron chi connectivity index (χ2n) is 5.50. The number of aromatic nitrogens is 2. The lowest BCUT2D eigenvalue weighted by Gasteiger charge is -2.19. The van der Waals surface area contributed by atoms with Gasteiger partial charge < -0.3 is 9.84 Å². The van der Waals surface area contributed by atoms with Crippen molar-refractivity contribution in [3.8, 4) is 0 Å². The molecule has 1 aromatic heterocycles. The van der Waals surface area contributed by atoms with Crippen molar-refractivity contribution >= 4 is 23.0 Å². The number of carbonyl (C=O) groups excluding carboxylic acids is 1. The summed E-state index contributed by atoms with van der Waals surface area (Å²) in [6.07, 6.45) is 0.900. The maximum atomic E-state index is 12.0. The minimum Gasteiger partial charge on any atom is -0.481 e. The molecule has 20 heavy (non-hydrogen) atoms. The van der Waals surface area contributed by atoms with Crippen LogP contribution in [0, 0.1) is 0 Å². The fourth-order valence-corrected chi connectivity index (χ4v) is 1.82. The summed E-state index contributed by atoms with van der Waals surface area (Å²) in [5.74, 6) is -0.899. The third kappa shape index (κ3) is 3.14. The summed E-state index contributed by atoms with van der Waals surface area (Å²) in [5, 5.41) is 13.5. The normalized spacial score (nSPS) is 11.6. The lowest BCUT2D eigenvalue weighted by molar-refractivity contribution is -0.136. The minimum absolute atomic E-state index is 0.0619. The van der Waals surface area contributed by atoms with E-state index in [1.807, 2.05) is 0 Å². The SMILES string of the molecule is CC(C)(C)OC(=O)n1ncc2cc(CC(=O)O)ccc21. The molecule has 6 heteroatoms. The van der Waals surface area contributed by atoms with E-state index in [0.717, 1.165) is 0 Å². The Balaban J connectivity index is 2.33. The first-order chi connectivity index (χ1) is 9.26. The summed E-state index contributed by atoms with van der Waals surface area (Å²) >= 11 is 0. The Hall–Kier alpha value is -2.37. The summed E-state index contributed by atoms with van der Waals surface area (Å²) in [5.41, 5.74) is 0.653. The van der Waals surface area contributed by atoms with Crippen molar-refractivity contribution < 1.29 is 19.4 Å². The number of ether oxygens (including phenoxy) is 1. The highest BCUT2D eigenvalue weighted by Crippen LogP contribution is 2.18. The van der Waals surface area contributed by atoms with Crippen molar-refractivity contribution in [2.75, 3.05) is 0 Å². The second-order valence-corrected chi connectivity index (χ2v) is 5.50. The molecule has 0 aliphatic carbocycles. The Labute approximate surface area is 116 Å². The average molecular weight is 276 g/mol. The Kier molecular flexibility index (Phi) is 3.48. The first-order valence-corrected chi connectivity index (χ1v) is 6.18. The molecule has 0 saturated heterocycles. The van der Waals surface area contributed by atoms with Crippen LogP contribution in [0.4, 0.5) is 4.79 Å². The van der Waals surface area contributed by atoms with Crippen LogP contribution in [0.2, 0.25) is 0 Å². The van der Waals surface area contributed by atoms with E-state index in [1.165, 1.54) is 10.9 Å². The quantitative estimate of drug-likeness (QED) is 0.911. The van der Waals surface area contributed by atoms with Crippen molar-refractivity contribution in [1.29, 1.82) is 0 Å². The van der Waals surface area contributed by atoms with Gasteiger partial charge in [0.1, 0.15) is 5.60 Å². The molecule has 1 heterocycles. The number of hydrogen-bond acceptors (Lipinski definition) is 4.